The summed E-state index contributed by atoms with van der Waals surface area (Å²) in [4.78, 5) is 34.1. The first kappa shape index (κ1) is 24.0. The SMILES string of the molecule is CC(C)(C)C(=O)Nc1ccc(C(=O)NCCNS(=O)(=O)c2cccc([N+](=O)[O-])c2)cc1. The monoisotopic (exact) mass is 448 g/mol. The Labute approximate surface area is 180 Å². The molecule has 2 rings (SSSR count). The third-order valence-electron chi connectivity index (χ3n) is 4.13. The van der Waals surface area contributed by atoms with Crippen LogP contribution in [-0.2, 0) is 14.8 Å². The van der Waals surface area contributed by atoms with Gasteiger partial charge in [-0.1, -0.05) is 26.8 Å². The van der Waals surface area contributed by atoms with Crippen molar-refractivity contribution in [3.63, 3.8) is 0 Å². The number of carbonyl (C=O) groups is 2. The summed E-state index contributed by atoms with van der Waals surface area (Å²) in [5, 5.41) is 16.1. The van der Waals surface area contributed by atoms with Gasteiger partial charge in [-0.15, -0.1) is 0 Å². The van der Waals surface area contributed by atoms with Gasteiger partial charge in [-0.25, -0.2) is 13.1 Å². The number of amides is 2. The second kappa shape index (κ2) is 9.67. The van der Waals surface area contributed by atoms with E-state index in [1.807, 2.05) is 0 Å². The molecule has 0 saturated carbocycles. The van der Waals surface area contributed by atoms with Crippen molar-refractivity contribution in [2.24, 2.45) is 5.41 Å². The van der Waals surface area contributed by atoms with Gasteiger partial charge in [0.05, 0.1) is 9.82 Å². The minimum Gasteiger partial charge on any atom is -0.351 e. The number of nitrogens with zero attached hydrogens (tertiary/aromatic N) is 1. The Kier molecular flexibility index (Phi) is 7.47. The molecule has 0 aliphatic carbocycles. The van der Waals surface area contributed by atoms with Crippen LogP contribution in [0.4, 0.5) is 11.4 Å². The fourth-order valence-corrected chi connectivity index (χ4v) is 3.41. The molecule has 2 amide bonds. The molecule has 0 unspecified atom stereocenters. The van der Waals surface area contributed by atoms with Crippen LogP contribution >= 0.6 is 0 Å². The number of hydrogen-bond acceptors (Lipinski definition) is 6. The number of anilines is 1. The first-order valence-corrected chi connectivity index (χ1v) is 10.8. The van der Waals surface area contributed by atoms with Gasteiger partial charge in [-0.2, -0.15) is 0 Å². The maximum Gasteiger partial charge on any atom is 0.270 e. The quantitative estimate of drug-likeness (QED) is 0.321. The summed E-state index contributed by atoms with van der Waals surface area (Å²) in [6.45, 7) is 5.28. The van der Waals surface area contributed by atoms with E-state index in [0.29, 0.717) is 11.3 Å². The molecule has 11 heteroatoms. The van der Waals surface area contributed by atoms with E-state index in [4.69, 9.17) is 0 Å². The molecule has 0 radical (unpaired) electrons. The molecule has 0 bridgehead atoms. The van der Waals surface area contributed by atoms with Crippen molar-refractivity contribution in [3.05, 3.63) is 64.2 Å². The highest BCUT2D eigenvalue weighted by molar-refractivity contribution is 7.89. The molecule has 0 saturated heterocycles. The van der Waals surface area contributed by atoms with Gasteiger partial charge in [0.25, 0.3) is 11.6 Å². The van der Waals surface area contributed by atoms with Crippen LogP contribution in [0.3, 0.4) is 0 Å². The number of non-ortho nitro benzene ring substituents is 1. The summed E-state index contributed by atoms with van der Waals surface area (Å²) < 4.78 is 26.8. The molecule has 0 spiro atoms. The summed E-state index contributed by atoms with van der Waals surface area (Å²) in [5.74, 6) is -0.566. The lowest BCUT2D eigenvalue weighted by atomic mass is 9.95. The zero-order chi connectivity index (χ0) is 23.2. The van der Waals surface area contributed by atoms with Crippen LogP contribution in [0.2, 0.25) is 0 Å². The van der Waals surface area contributed by atoms with E-state index < -0.39 is 26.3 Å². The van der Waals surface area contributed by atoms with Gasteiger partial charge in [-0.05, 0) is 30.3 Å². The number of sulfonamides is 1. The summed E-state index contributed by atoms with van der Waals surface area (Å²) in [7, 11) is -3.95. The Bertz CT molecular complexity index is 1080. The number of hydrogen-bond donors (Lipinski definition) is 3. The first-order valence-electron chi connectivity index (χ1n) is 9.34. The molecule has 166 valence electrons. The van der Waals surface area contributed by atoms with E-state index in [2.05, 4.69) is 15.4 Å². The van der Waals surface area contributed by atoms with E-state index in [1.165, 1.54) is 18.2 Å². The molecule has 0 fully saturated rings. The average Bonchev–Trinajstić information content (AvgIpc) is 2.71. The predicted molar refractivity (Wildman–Crippen MR) is 115 cm³/mol. The number of rotatable bonds is 8. The van der Waals surface area contributed by atoms with Crippen LogP contribution in [0.1, 0.15) is 31.1 Å². The number of nitro benzene ring substituents is 1. The molecule has 0 aliphatic rings. The van der Waals surface area contributed by atoms with Crippen LogP contribution < -0.4 is 15.4 Å². The van der Waals surface area contributed by atoms with Gasteiger partial charge in [-0.3, -0.25) is 19.7 Å². The maximum absolute atomic E-state index is 12.2. The highest BCUT2D eigenvalue weighted by Crippen LogP contribution is 2.18. The number of nitro groups is 1. The van der Waals surface area contributed by atoms with Crippen molar-refractivity contribution in [2.75, 3.05) is 18.4 Å². The zero-order valence-electron chi connectivity index (χ0n) is 17.3. The van der Waals surface area contributed by atoms with E-state index >= 15 is 0 Å². The lowest BCUT2D eigenvalue weighted by molar-refractivity contribution is -0.385. The molecule has 0 atom stereocenters. The zero-order valence-corrected chi connectivity index (χ0v) is 18.2. The Morgan fingerprint density at radius 2 is 1.68 bits per heavy atom. The Morgan fingerprint density at radius 3 is 2.26 bits per heavy atom. The summed E-state index contributed by atoms with van der Waals surface area (Å²) in [6, 6.07) is 11.0. The third-order valence-corrected chi connectivity index (χ3v) is 5.59. The third kappa shape index (κ3) is 6.86. The molecule has 2 aromatic rings. The molecule has 0 aliphatic heterocycles. The van der Waals surface area contributed by atoms with Gasteiger partial charge in [0, 0.05) is 41.9 Å². The molecule has 31 heavy (non-hydrogen) atoms. The molecule has 10 nitrogen and oxygen atoms in total. The van der Waals surface area contributed by atoms with E-state index in [-0.39, 0.29) is 29.6 Å². The maximum atomic E-state index is 12.2. The van der Waals surface area contributed by atoms with Crippen LogP contribution in [0.15, 0.2) is 53.4 Å². The average molecular weight is 449 g/mol. The fraction of sp³-hybridized carbons (Fsp3) is 0.300. The molecular formula is C20H24N4O6S. The Balaban J connectivity index is 1.87. The summed E-state index contributed by atoms with van der Waals surface area (Å²) in [5.41, 5.74) is 0.0171. The van der Waals surface area contributed by atoms with Crippen LogP contribution in [0.5, 0.6) is 0 Å². The van der Waals surface area contributed by atoms with Gasteiger partial charge in [0.2, 0.25) is 15.9 Å². The topological polar surface area (TPSA) is 148 Å². The first-order chi connectivity index (χ1) is 14.4. The van der Waals surface area contributed by atoms with Crippen LogP contribution in [0, 0.1) is 15.5 Å². The van der Waals surface area contributed by atoms with Gasteiger partial charge in [0.1, 0.15) is 0 Å². The second-order valence-corrected chi connectivity index (χ2v) is 9.46. The lowest BCUT2D eigenvalue weighted by Gasteiger charge is -2.17. The largest absolute Gasteiger partial charge is 0.351 e. The molecule has 0 heterocycles. The normalized spacial score (nSPS) is 11.6. The van der Waals surface area contributed by atoms with Crippen molar-refractivity contribution in [3.8, 4) is 0 Å². The highest BCUT2D eigenvalue weighted by Gasteiger charge is 2.21. The number of benzene rings is 2. The Hall–Kier alpha value is -3.31. The lowest BCUT2D eigenvalue weighted by Crippen LogP contribution is -2.34. The van der Waals surface area contributed by atoms with Crippen molar-refractivity contribution >= 4 is 33.2 Å². The Morgan fingerprint density at radius 1 is 1.03 bits per heavy atom. The van der Waals surface area contributed by atoms with Crippen molar-refractivity contribution < 1.29 is 22.9 Å². The van der Waals surface area contributed by atoms with Crippen molar-refractivity contribution in [2.45, 2.75) is 25.7 Å². The number of carbonyl (C=O) groups excluding carboxylic acids is 2. The van der Waals surface area contributed by atoms with Gasteiger partial charge < -0.3 is 10.6 Å². The smallest absolute Gasteiger partial charge is 0.270 e. The second-order valence-electron chi connectivity index (χ2n) is 7.69. The molecule has 0 aromatic heterocycles. The summed E-state index contributed by atoms with van der Waals surface area (Å²) >= 11 is 0. The van der Waals surface area contributed by atoms with E-state index in [9.17, 15) is 28.1 Å². The summed E-state index contributed by atoms with van der Waals surface area (Å²) in [6.07, 6.45) is 0. The fourth-order valence-electron chi connectivity index (χ4n) is 2.33. The van der Waals surface area contributed by atoms with Crippen molar-refractivity contribution in [1.82, 2.24) is 10.0 Å². The van der Waals surface area contributed by atoms with E-state index in [1.54, 1.807) is 45.0 Å². The minimum atomic E-state index is -3.95. The van der Waals surface area contributed by atoms with Gasteiger partial charge >= 0.3 is 0 Å². The molecule has 2 aromatic carbocycles. The van der Waals surface area contributed by atoms with Crippen LogP contribution in [0.25, 0.3) is 0 Å². The van der Waals surface area contributed by atoms with E-state index in [0.717, 1.165) is 6.07 Å². The standard InChI is InChI=1S/C20H24N4O6S/c1-20(2,3)19(26)23-15-9-7-14(8-10-15)18(25)21-11-12-22-31(29,30)17-6-4-5-16(13-17)24(27)28/h4-10,13,22H,11-12H2,1-3H3,(H,21,25)(H,23,26). The molecule has 3 N–H and O–H groups in total. The number of nitrogens with one attached hydrogen (secondary N) is 3. The van der Waals surface area contributed by atoms with Gasteiger partial charge in [0.15, 0.2) is 0 Å². The highest BCUT2D eigenvalue weighted by atomic mass is 32.2. The van der Waals surface area contributed by atoms with Crippen LogP contribution in [-0.4, -0.2) is 38.2 Å². The minimum absolute atomic E-state index is 0.00943. The predicted octanol–water partition coefficient (Wildman–Crippen LogP) is 2.29. The molecular weight excluding hydrogens is 424 g/mol. The van der Waals surface area contributed by atoms with Crippen molar-refractivity contribution in [1.29, 1.82) is 0 Å².